The van der Waals surface area contributed by atoms with Gasteiger partial charge < -0.3 is 10.6 Å². The van der Waals surface area contributed by atoms with Gasteiger partial charge in [0.25, 0.3) is 0 Å². The molecule has 4 nitrogen and oxygen atoms in total. The smallest absolute Gasteiger partial charge is 0.315 e. The van der Waals surface area contributed by atoms with E-state index in [1.807, 2.05) is 30.3 Å². The van der Waals surface area contributed by atoms with Gasteiger partial charge in [-0.25, -0.2) is 4.79 Å². The summed E-state index contributed by atoms with van der Waals surface area (Å²) >= 11 is 0. The van der Waals surface area contributed by atoms with E-state index in [0.717, 1.165) is 18.5 Å². The first-order valence-corrected chi connectivity index (χ1v) is 8.15. The summed E-state index contributed by atoms with van der Waals surface area (Å²) in [4.78, 5) is 14.5. The van der Waals surface area contributed by atoms with Crippen molar-refractivity contribution in [2.24, 2.45) is 0 Å². The topological polar surface area (TPSA) is 44.4 Å². The van der Waals surface area contributed by atoms with Crippen LogP contribution in [0.15, 0.2) is 30.3 Å². The molecule has 2 atom stereocenters. The summed E-state index contributed by atoms with van der Waals surface area (Å²) in [6, 6.07) is 10.5. The Balaban J connectivity index is 1.42. The molecule has 116 valence electrons. The third-order valence-electron chi connectivity index (χ3n) is 4.52. The van der Waals surface area contributed by atoms with Crippen LogP contribution in [0.5, 0.6) is 0 Å². The number of urea groups is 1. The van der Waals surface area contributed by atoms with E-state index in [1.54, 1.807) is 0 Å². The van der Waals surface area contributed by atoms with Crippen molar-refractivity contribution in [1.29, 1.82) is 0 Å². The number of nitrogens with one attached hydrogen (secondary N) is 2. The van der Waals surface area contributed by atoms with E-state index in [9.17, 15) is 4.79 Å². The molecule has 2 aliphatic heterocycles. The Kier molecular flexibility index (Phi) is 4.97. The normalized spacial score (nSPS) is 24.0. The number of carbonyl (C=O) groups excluding carboxylic acids is 1. The van der Waals surface area contributed by atoms with E-state index in [0.29, 0.717) is 18.6 Å². The molecule has 2 N–H and O–H groups in total. The van der Waals surface area contributed by atoms with Crippen molar-refractivity contribution >= 4 is 6.03 Å². The van der Waals surface area contributed by atoms with Gasteiger partial charge in [-0.2, -0.15) is 0 Å². The summed E-state index contributed by atoms with van der Waals surface area (Å²) in [5.74, 6) is 6.02. The highest BCUT2D eigenvalue weighted by Gasteiger charge is 2.36. The number of hydrogen-bond acceptors (Lipinski definition) is 2. The quantitative estimate of drug-likeness (QED) is 0.820. The lowest BCUT2D eigenvalue weighted by Crippen LogP contribution is -2.49. The molecule has 0 radical (unpaired) electrons. The fourth-order valence-electron chi connectivity index (χ4n) is 3.43. The van der Waals surface area contributed by atoms with Crippen LogP contribution in [0.4, 0.5) is 4.79 Å². The Bertz CT molecular complexity index is 561. The molecule has 22 heavy (non-hydrogen) atoms. The minimum Gasteiger partial charge on any atom is -0.334 e. The lowest BCUT2D eigenvalue weighted by Gasteiger charge is -2.32. The van der Waals surface area contributed by atoms with E-state index in [4.69, 9.17) is 0 Å². The second kappa shape index (κ2) is 7.33. The van der Waals surface area contributed by atoms with E-state index in [-0.39, 0.29) is 6.03 Å². The molecule has 0 unspecified atom stereocenters. The molecule has 2 amide bonds. The largest absolute Gasteiger partial charge is 0.334 e. The van der Waals surface area contributed by atoms with Crippen LogP contribution in [0.1, 0.15) is 31.2 Å². The molecule has 1 aromatic carbocycles. The minimum absolute atomic E-state index is 0.0974. The van der Waals surface area contributed by atoms with Gasteiger partial charge in [0, 0.05) is 24.2 Å². The molecule has 0 aliphatic carbocycles. The predicted octanol–water partition coefficient (Wildman–Crippen LogP) is 1.96. The molecular formula is C18H23N3O. The van der Waals surface area contributed by atoms with Gasteiger partial charge in [0.1, 0.15) is 0 Å². The first kappa shape index (κ1) is 14.9. The van der Waals surface area contributed by atoms with Crippen molar-refractivity contribution in [2.45, 2.75) is 37.8 Å². The van der Waals surface area contributed by atoms with Crippen LogP contribution in [-0.4, -0.2) is 42.6 Å². The highest BCUT2D eigenvalue weighted by molar-refractivity contribution is 5.74. The average Bonchev–Trinajstić information content (AvgIpc) is 2.96. The Labute approximate surface area is 132 Å². The van der Waals surface area contributed by atoms with Crippen LogP contribution < -0.4 is 10.6 Å². The molecule has 3 rings (SSSR count). The van der Waals surface area contributed by atoms with Crippen LogP contribution in [-0.2, 0) is 0 Å². The number of fused-ring (bicyclic) bond motifs is 1. The molecule has 0 bridgehead atoms. The standard InChI is InChI=1S/C18H23N3O/c22-18(19-12-6-9-15-7-2-1-3-8-15)20-16-11-14-21-13-5-4-10-17(16)21/h1-3,7-8,16-17H,4-5,10-14H2,(H2,19,20,22)/t16-,17+/m0/s1. The van der Waals surface area contributed by atoms with Crippen molar-refractivity contribution in [2.75, 3.05) is 19.6 Å². The number of nitrogens with zero attached hydrogens (tertiary/aromatic N) is 1. The summed E-state index contributed by atoms with van der Waals surface area (Å²) in [5.41, 5.74) is 0.971. The fourth-order valence-corrected chi connectivity index (χ4v) is 3.43. The maximum atomic E-state index is 12.0. The predicted molar refractivity (Wildman–Crippen MR) is 87.5 cm³/mol. The van der Waals surface area contributed by atoms with Gasteiger partial charge in [-0.3, -0.25) is 4.90 Å². The summed E-state index contributed by atoms with van der Waals surface area (Å²) in [6.07, 6.45) is 4.85. The Hall–Kier alpha value is -1.99. The summed E-state index contributed by atoms with van der Waals surface area (Å²) in [6.45, 7) is 2.68. The highest BCUT2D eigenvalue weighted by atomic mass is 16.2. The summed E-state index contributed by atoms with van der Waals surface area (Å²) in [7, 11) is 0. The zero-order chi connectivity index (χ0) is 15.2. The zero-order valence-corrected chi connectivity index (χ0v) is 12.8. The van der Waals surface area contributed by atoms with E-state index < -0.39 is 0 Å². The number of carbonyl (C=O) groups is 1. The van der Waals surface area contributed by atoms with Gasteiger partial charge in [-0.1, -0.05) is 36.5 Å². The first-order valence-electron chi connectivity index (χ1n) is 8.15. The van der Waals surface area contributed by atoms with Crippen molar-refractivity contribution in [3.8, 4) is 11.8 Å². The van der Waals surface area contributed by atoms with Crippen molar-refractivity contribution < 1.29 is 4.79 Å². The number of amides is 2. The van der Waals surface area contributed by atoms with Crippen LogP contribution in [0.3, 0.4) is 0 Å². The van der Waals surface area contributed by atoms with Crippen molar-refractivity contribution in [3.63, 3.8) is 0 Å². The third kappa shape index (κ3) is 3.80. The first-order chi connectivity index (χ1) is 10.8. The van der Waals surface area contributed by atoms with Crippen molar-refractivity contribution in [1.82, 2.24) is 15.5 Å². The molecule has 0 spiro atoms. The Morgan fingerprint density at radius 2 is 2.05 bits per heavy atom. The SMILES string of the molecule is O=C(NCC#Cc1ccccc1)N[C@H]1CCN2CCCC[C@H]12. The Morgan fingerprint density at radius 1 is 1.18 bits per heavy atom. The molecule has 2 fully saturated rings. The van der Waals surface area contributed by atoms with Gasteiger partial charge in [-0.05, 0) is 37.9 Å². The molecule has 0 saturated carbocycles. The van der Waals surface area contributed by atoms with Gasteiger partial charge >= 0.3 is 6.03 Å². The van der Waals surface area contributed by atoms with Crippen LogP contribution in [0.2, 0.25) is 0 Å². The number of hydrogen-bond donors (Lipinski definition) is 2. The van der Waals surface area contributed by atoms with Gasteiger partial charge in [0.2, 0.25) is 0 Å². The minimum atomic E-state index is -0.0974. The zero-order valence-electron chi connectivity index (χ0n) is 12.8. The maximum absolute atomic E-state index is 12.0. The van der Waals surface area contributed by atoms with E-state index in [1.165, 1.54) is 25.8 Å². The fraction of sp³-hybridized carbons (Fsp3) is 0.500. The molecule has 4 heteroatoms. The number of rotatable bonds is 2. The maximum Gasteiger partial charge on any atom is 0.315 e. The molecule has 2 heterocycles. The molecule has 1 aromatic rings. The Morgan fingerprint density at radius 3 is 2.91 bits per heavy atom. The van der Waals surface area contributed by atoms with Crippen LogP contribution in [0, 0.1) is 11.8 Å². The summed E-state index contributed by atoms with van der Waals surface area (Å²) in [5, 5.41) is 5.95. The average molecular weight is 297 g/mol. The third-order valence-corrected chi connectivity index (χ3v) is 4.52. The second-order valence-electron chi connectivity index (χ2n) is 5.99. The molecule has 2 aliphatic rings. The van der Waals surface area contributed by atoms with E-state index in [2.05, 4.69) is 27.4 Å². The lowest BCUT2D eigenvalue weighted by molar-refractivity contribution is 0.179. The monoisotopic (exact) mass is 297 g/mol. The molecule has 0 aromatic heterocycles. The molecular weight excluding hydrogens is 274 g/mol. The second-order valence-corrected chi connectivity index (χ2v) is 5.99. The number of piperidine rings is 1. The van der Waals surface area contributed by atoms with Gasteiger partial charge in [-0.15, -0.1) is 0 Å². The summed E-state index contributed by atoms with van der Waals surface area (Å²) < 4.78 is 0. The van der Waals surface area contributed by atoms with Gasteiger partial charge in [0.05, 0.1) is 6.54 Å². The van der Waals surface area contributed by atoms with E-state index >= 15 is 0 Å². The van der Waals surface area contributed by atoms with Gasteiger partial charge in [0.15, 0.2) is 0 Å². The molecule has 2 saturated heterocycles. The van der Waals surface area contributed by atoms with Crippen molar-refractivity contribution in [3.05, 3.63) is 35.9 Å². The van der Waals surface area contributed by atoms with Crippen LogP contribution >= 0.6 is 0 Å². The number of benzene rings is 1. The lowest BCUT2D eigenvalue weighted by atomic mass is 9.99. The highest BCUT2D eigenvalue weighted by Crippen LogP contribution is 2.26. The van der Waals surface area contributed by atoms with Crippen LogP contribution in [0.25, 0.3) is 0 Å².